The quantitative estimate of drug-likeness (QED) is 0.697. The van der Waals surface area contributed by atoms with Crippen molar-refractivity contribution < 1.29 is 18.0 Å². The molecule has 0 bridgehead atoms. The van der Waals surface area contributed by atoms with E-state index in [0.717, 1.165) is 49.9 Å². The molecule has 1 unspecified atom stereocenters. The van der Waals surface area contributed by atoms with E-state index in [-0.39, 0.29) is 17.0 Å². The maximum absolute atomic E-state index is 12.7. The van der Waals surface area contributed by atoms with Crippen LogP contribution in [0.4, 0.5) is 9.59 Å². The third kappa shape index (κ3) is 5.20. The molecule has 0 saturated carbocycles. The molecule has 1 atom stereocenters. The van der Waals surface area contributed by atoms with Crippen LogP contribution in [0.15, 0.2) is 35.2 Å². The van der Waals surface area contributed by atoms with Gasteiger partial charge in [0, 0.05) is 32.2 Å². The van der Waals surface area contributed by atoms with Crippen LogP contribution in [0.25, 0.3) is 0 Å². The highest BCUT2D eigenvalue weighted by atomic mass is 32.2. The molecule has 4 amide bonds. The number of nitrogens with zero attached hydrogens (tertiary/aromatic N) is 2. The number of benzene rings is 1. The summed E-state index contributed by atoms with van der Waals surface area (Å²) in [6, 6.07) is 4.31. The molecule has 1 aliphatic carbocycles. The average molecular weight is 447 g/mol. The van der Waals surface area contributed by atoms with Gasteiger partial charge in [0.15, 0.2) is 0 Å². The number of hydrogen-bond donors (Lipinski definition) is 2. The Bertz CT molecular complexity index is 970. The van der Waals surface area contributed by atoms with Crippen LogP contribution < -0.4 is 10.0 Å². The highest BCUT2D eigenvalue weighted by Gasteiger charge is 2.26. The minimum Gasteiger partial charge on any atom is -0.334 e. The summed E-state index contributed by atoms with van der Waals surface area (Å²) in [5.74, 6) is 0. The van der Waals surface area contributed by atoms with Gasteiger partial charge in [-0.3, -0.25) is 0 Å². The van der Waals surface area contributed by atoms with Crippen molar-refractivity contribution in [1.82, 2.24) is 19.8 Å². The van der Waals surface area contributed by atoms with Crippen molar-refractivity contribution in [3.63, 3.8) is 0 Å². The molecule has 0 aromatic heterocycles. The monoisotopic (exact) mass is 446 g/mol. The van der Waals surface area contributed by atoms with Gasteiger partial charge in [-0.1, -0.05) is 18.2 Å². The molecule has 8 nitrogen and oxygen atoms in total. The van der Waals surface area contributed by atoms with Crippen molar-refractivity contribution in [2.24, 2.45) is 0 Å². The van der Waals surface area contributed by atoms with Crippen LogP contribution in [-0.4, -0.2) is 62.5 Å². The van der Waals surface area contributed by atoms with Crippen LogP contribution in [0, 0.1) is 0 Å². The Morgan fingerprint density at radius 3 is 2.35 bits per heavy atom. The van der Waals surface area contributed by atoms with Crippen LogP contribution in [0.3, 0.4) is 0 Å². The Labute approximate surface area is 183 Å². The average Bonchev–Trinajstić information content (AvgIpc) is 3.20. The number of rotatable bonds is 3. The molecule has 1 fully saturated rings. The second-order valence-electron chi connectivity index (χ2n) is 8.45. The van der Waals surface area contributed by atoms with Crippen molar-refractivity contribution in [1.29, 1.82) is 0 Å². The number of sulfonamides is 1. The molecule has 0 radical (unpaired) electrons. The summed E-state index contributed by atoms with van der Waals surface area (Å²) in [5.41, 5.74) is 1.96. The highest BCUT2D eigenvalue weighted by Crippen LogP contribution is 2.22. The molecule has 0 spiro atoms. The summed E-state index contributed by atoms with van der Waals surface area (Å²) >= 11 is 0. The van der Waals surface area contributed by atoms with E-state index in [4.69, 9.17) is 0 Å². The number of allylic oxidation sites excluding steroid dienone is 1. The molecule has 1 saturated heterocycles. The number of amides is 4. The van der Waals surface area contributed by atoms with E-state index >= 15 is 0 Å². The summed E-state index contributed by atoms with van der Waals surface area (Å²) < 4.78 is 27.6. The zero-order valence-corrected chi connectivity index (χ0v) is 18.5. The zero-order chi connectivity index (χ0) is 21.8. The molecule has 1 aromatic carbocycles. The second kappa shape index (κ2) is 9.30. The lowest BCUT2D eigenvalue weighted by molar-refractivity contribution is 0.164. The van der Waals surface area contributed by atoms with Crippen molar-refractivity contribution >= 4 is 22.1 Å². The lowest BCUT2D eigenvalue weighted by atomic mass is 10.0. The predicted octanol–water partition coefficient (Wildman–Crippen LogP) is 2.40. The maximum Gasteiger partial charge on any atom is 0.328 e. The summed E-state index contributed by atoms with van der Waals surface area (Å²) in [4.78, 5) is 28.8. The highest BCUT2D eigenvalue weighted by molar-refractivity contribution is 7.90. The van der Waals surface area contributed by atoms with Gasteiger partial charge in [0.1, 0.15) is 0 Å². The number of carbonyl (C=O) groups is 2. The number of fused-ring (bicyclic) bond motifs is 1. The van der Waals surface area contributed by atoms with Gasteiger partial charge in [-0.25, -0.2) is 22.7 Å². The first-order valence-electron chi connectivity index (χ1n) is 11.1. The van der Waals surface area contributed by atoms with Gasteiger partial charge in [-0.2, -0.15) is 0 Å². The minimum absolute atomic E-state index is 0.0497. The van der Waals surface area contributed by atoms with Crippen LogP contribution in [0.1, 0.15) is 43.2 Å². The molecule has 1 aromatic rings. The summed E-state index contributed by atoms with van der Waals surface area (Å²) in [6.45, 7) is 2.82. The van der Waals surface area contributed by atoms with E-state index in [1.54, 1.807) is 12.1 Å². The van der Waals surface area contributed by atoms with Gasteiger partial charge in [0.2, 0.25) is 0 Å². The maximum atomic E-state index is 12.7. The topological polar surface area (TPSA) is 98.8 Å². The fraction of sp³-hybridized carbons (Fsp3) is 0.545. The summed E-state index contributed by atoms with van der Waals surface area (Å²) in [5, 5.41) is 2.73. The molecule has 2 heterocycles. The summed E-state index contributed by atoms with van der Waals surface area (Å²) in [7, 11) is -3.97. The van der Waals surface area contributed by atoms with Gasteiger partial charge in [-0.05, 0) is 68.2 Å². The fourth-order valence-electron chi connectivity index (χ4n) is 4.49. The molecule has 2 aliphatic heterocycles. The van der Waals surface area contributed by atoms with Crippen LogP contribution >= 0.6 is 0 Å². The van der Waals surface area contributed by atoms with Crippen LogP contribution in [-0.2, 0) is 22.9 Å². The van der Waals surface area contributed by atoms with Crippen molar-refractivity contribution in [2.45, 2.75) is 55.9 Å². The number of hydrogen-bond acceptors (Lipinski definition) is 4. The smallest absolute Gasteiger partial charge is 0.328 e. The largest absolute Gasteiger partial charge is 0.334 e. The van der Waals surface area contributed by atoms with Gasteiger partial charge < -0.3 is 15.1 Å². The van der Waals surface area contributed by atoms with Crippen LogP contribution in [0.2, 0.25) is 0 Å². The summed E-state index contributed by atoms with van der Waals surface area (Å²) in [6.07, 6.45) is 9.83. The fourth-order valence-corrected chi connectivity index (χ4v) is 5.45. The first-order chi connectivity index (χ1) is 14.9. The molecule has 2 N–H and O–H groups in total. The number of carbonyl (C=O) groups excluding carboxylic acids is 2. The third-order valence-electron chi connectivity index (χ3n) is 6.27. The Morgan fingerprint density at radius 2 is 1.65 bits per heavy atom. The van der Waals surface area contributed by atoms with Gasteiger partial charge in [0.05, 0.1) is 4.90 Å². The Balaban J connectivity index is 1.40. The van der Waals surface area contributed by atoms with Gasteiger partial charge in [0.25, 0.3) is 10.0 Å². The van der Waals surface area contributed by atoms with E-state index in [2.05, 4.69) is 16.1 Å². The normalized spacial score (nSPS) is 21.4. The van der Waals surface area contributed by atoms with Crippen LogP contribution in [0.5, 0.6) is 0 Å². The van der Waals surface area contributed by atoms with Crippen molar-refractivity contribution in [3.8, 4) is 0 Å². The Kier molecular flexibility index (Phi) is 6.50. The first kappa shape index (κ1) is 21.7. The molecular weight excluding hydrogens is 416 g/mol. The van der Waals surface area contributed by atoms with Gasteiger partial charge >= 0.3 is 12.1 Å². The Morgan fingerprint density at radius 1 is 0.935 bits per heavy atom. The molecule has 31 heavy (non-hydrogen) atoms. The predicted molar refractivity (Wildman–Crippen MR) is 117 cm³/mol. The van der Waals surface area contributed by atoms with E-state index < -0.39 is 16.1 Å². The number of urea groups is 2. The number of likely N-dealkylation sites (tertiary alicyclic amines) is 1. The molecule has 3 aliphatic rings. The standard InChI is InChI=1S/C22H30N4O4S/c27-21(23-19-6-2-1-3-7-19)24-31(29,30)20-9-8-17-10-14-26(15-11-18(17)16-20)22(28)25-12-4-5-13-25/h1-2,8-9,16,19H,3-7,10-15H2,(H2,23,24,27). The molecule has 9 heteroatoms. The number of nitrogens with one attached hydrogen (secondary N) is 2. The van der Waals surface area contributed by atoms with Gasteiger partial charge in [-0.15, -0.1) is 0 Å². The molecule has 168 valence electrons. The zero-order valence-electron chi connectivity index (χ0n) is 17.7. The van der Waals surface area contributed by atoms with E-state index in [9.17, 15) is 18.0 Å². The van der Waals surface area contributed by atoms with E-state index in [0.29, 0.717) is 32.4 Å². The van der Waals surface area contributed by atoms with Crippen molar-refractivity contribution in [2.75, 3.05) is 26.2 Å². The molecule has 4 rings (SSSR count). The second-order valence-corrected chi connectivity index (χ2v) is 10.1. The Hall–Kier alpha value is -2.55. The lowest BCUT2D eigenvalue weighted by Crippen LogP contribution is -2.44. The van der Waals surface area contributed by atoms with E-state index in [1.807, 2.05) is 15.9 Å². The lowest BCUT2D eigenvalue weighted by Gasteiger charge is -2.26. The SMILES string of the molecule is O=C(NC1CC=CCC1)NS(=O)(=O)c1ccc2c(c1)CCN(C(=O)N1CCCC1)CC2. The van der Waals surface area contributed by atoms with E-state index in [1.165, 1.54) is 6.07 Å². The molecular formula is C22H30N4O4S. The minimum atomic E-state index is -3.97. The third-order valence-corrected chi connectivity index (χ3v) is 7.60. The van der Waals surface area contributed by atoms with Crippen molar-refractivity contribution in [3.05, 3.63) is 41.5 Å². The first-order valence-corrected chi connectivity index (χ1v) is 12.5.